The minimum Gasteiger partial charge on any atom is -0.488 e. The molecule has 0 saturated carbocycles. The van der Waals surface area contributed by atoms with Gasteiger partial charge in [-0.05, 0) is 55.2 Å². The zero-order valence-electron chi connectivity index (χ0n) is 11.5. The van der Waals surface area contributed by atoms with Crippen molar-refractivity contribution in [2.75, 3.05) is 11.9 Å². The first-order valence-electron chi connectivity index (χ1n) is 6.97. The van der Waals surface area contributed by atoms with Gasteiger partial charge in [0.1, 0.15) is 17.7 Å². The van der Waals surface area contributed by atoms with E-state index in [0.29, 0.717) is 0 Å². The van der Waals surface area contributed by atoms with Crippen molar-refractivity contribution in [3.8, 4) is 5.75 Å². The number of halogens is 1. The van der Waals surface area contributed by atoms with Crippen LogP contribution < -0.4 is 10.1 Å². The van der Waals surface area contributed by atoms with Crippen molar-refractivity contribution in [2.45, 2.75) is 25.9 Å². The monoisotopic (exact) mass is 271 g/mol. The van der Waals surface area contributed by atoms with Gasteiger partial charge in [0.2, 0.25) is 0 Å². The van der Waals surface area contributed by atoms with Gasteiger partial charge < -0.3 is 10.1 Å². The maximum absolute atomic E-state index is 13.1. The number of ether oxygens (including phenoxy) is 1. The summed E-state index contributed by atoms with van der Waals surface area (Å²) in [6, 6.07) is 13.0. The van der Waals surface area contributed by atoms with E-state index in [-0.39, 0.29) is 11.9 Å². The number of hydrogen-bond acceptors (Lipinski definition) is 2. The molecular formula is C17H18FNO. The Kier molecular flexibility index (Phi) is 3.59. The summed E-state index contributed by atoms with van der Waals surface area (Å²) < 4.78 is 19.1. The number of rotatable bonds is 2. The predicted octanol–water partition coefficient (Wildman–Crippen LogP) is 3.94. The van der Waals surface area contributed by atoms with Gasteiger partial charge in [-0.25, -0.2) is 4.39 Å². The van der Waals surface area contributed by atoms with Gasteiger partial charge in [0.15, 0.2) is 0 Å². The molecule has 0 bridgehead atoms. The topological polar surface area (TPSA) is 21.3 Å². The van der Waals surface area contributed by atoms with Crippen molar-refractivity contribution < 1.29 is 9.13 Å². The van der Waals surface area contributed by atoms with Crippen LogP contribution in [0.25, 0.3) is 0 Å². The molecule has 2 aromatic carbocycles. The van der Waals surface area contributed by atoms with Gasteiger partial charge in [-0.1, -0.05) is 18.2 Å². The molecule has 1 unspecified atom stereocenters. The van der Waals surface area contributed by atoms with E-state index < -0.39 is 0 Å². The van der Waals surface area contributed by atoms with Gasteiger partial charge in [-0.15, -0.1) is 0 Å². The number of hydrogen-bond donors (Lipinski definition) is 1. The maximum Gasteiger partial charge on any atom is 0.123 e. The lowest BCUT2D eigenvalue weighted by atomic mass is 10.1. The standard InChI is InChI=1S/C17H18FNO/c1-12-10-14(18)7-9-17(12)20-15-8-6-13-4-2-3-5-16(13)19-11-15/h2-5,7,9-10,15,19H,6,8,11H2,1H3. The van der Waals surface area contributed by atoms with Crippen molar-refractivity contribution >= 4 is 5.69 Å². The molecule has 1 heterocycles. The summed E-state index contributed by atoms with van der Waals surface area (Å²) in [5.41, 5.74) is 3.36. The molecule has 1 N–H and O–H groups in total. The Bertz CT molecular complexity index is 585. The molecule has 0 aromatic heterocycles. The second kappa shape index (κ2) is 5.53. The fraction of sp³-hybridized carbons (Fsp3) is 0.294. The Balaban J connectivity index is 1.71. The van der Waals surface area contributed by atoms with E-state index in [9.17, 15) is 4.39 Å². The maximum atomic E-state index is 13.1. The van der Waals surface area contributed by atoms with E-state index in [1.807, 2.05) is 13.0 Å². The van der Waals surface area contributed by atoms with Crippen molar-refractivity contribution in [3.63, 3.8) is 0 Å². The number of benzene rings is 2. The largest absolute Gasteiger partial charge is 0.488 e. The summed E-state index contributed by atoms with van der Waals surface area (Å²) in [6.45, 7) is 2.64. The predicted molar refractivity (Wildman–Crippen MR) is 78.8 cm³/mol. The summed E-state index contributed by atoms with van der Waals surface area (Å²) in [6.07, 6.45) is 2.06. The molecule has 0 aliphatic carbocycles. The van der Waals surface area contributed by atoms with E-state index >= 15 is 0 Å². The molecular weight excluding hydrogens is 253 g/mol. The Morgan fingerprint density at radius 1 is 1.20 bits per heavy atom. The molecule has 3 heteroatoms. The lowest BCUT2D eigenvalue weighted by Gasteiger charge is -2.18. The molecule has 20 heavy (non-hydrogen) atoms. The third kappa shape index (κ3) is 2.77. The average molecular weight is 271 g/mol. The zero-order valence-corrected chi connectivity index (χ0v) is 11.5. The molecule has 1 aliphatic rings. The van der Waals surface area contributed by atoms with Gasteiger partial charge in [-0.2, -0.15) is 0 Å². The molecule has 2 nitrogen and oxygen atoms in total. The van der Waals surface area contributed by atoms with Gasteiger partial charge in [-0.3, -0.25) is 0 Å². The highest BCUT2D eigenvalue weighted by Crippen LogP contribution is 2.25. The molecule has 0 saturated heterocycles. The van der Waals surface area contributed by atoms with Crippen molar-refractivity contribution in [1.29, 1.82) is 0 Å². The summed E-state index contributed by atoms with van der Waals surface area (Å²) in [5, 5.41) is 3.43. The third-order valence-electron chi connectivity index (χ3n) is 3.70. The van der Waals surface area contributed by atoms with Crippen LogP contribution in [0.1, 0.15) is 17.5 Å². The van der Waals surface area contributed by atoms with Crippen LogP contribution in [0.3, 0.4) is 0 Å². The highest BCUT2D eigenvalue weighted by molar-refractivity contribution is 5.52. The van der Waals surface area contributed by atoms with E-state index in [4.69, 9.17) is 4.74 Å². The number of fused-ring (bicyclic) bond motifs is 1. The fourth-order valence-electron chi connectivity index (χ4n) is 2.58. The molecule has 1 atom stereocenters. The summed E-state index contributed by atoms with van der Waals surface area (Å²) >= 11 is 0. The first kappa shape index (κ1) is 13.0. The Morgan fingerprint density at radius 2 is 2.05 bits per heavy atom. The molecule has 1 aliphatic heterocycles. The van der Waals surface area contributed by atoms with Crippen LogP contribution in [0.4, 0.5) is 10.1 Å². The Morgan fingerprint density at radius 3 is 2.90 bits per heavy atom. The number of anilines is 1. The Hall–Kier alpha value is -2.03. The first-order valence-corrected chi connectivity index (χ1v) is 6.97. The van der Waals surface area contributed by atoms with Gasteiger partial charge in [0, 0.05) is 5.69 Å². The SMILES string of the molecule is Cc1cc(F)ccc1OC1CCc2ccccc2NC1. The zero-order chi connectivity index (χ0) is 13.9. The smallest absolute Gasteiger partial charge is 0.123 e. The lowest BCUT2D eigenvalue weighted by Crippen LogP contribution is -2.25. The minimum absolute atomic E-state index is 0.103. The van der Waals surface area contributed by atoms with E-state index in [1.165, 1.54) is 23.4 Å². The number of aryl methyl sites for hydroxylation is 2. The highest BCUT2D eigenvalue weighted by atomic mass is 19.1. The van der Waals surface area contributed by atoms with Crippen LogP contribution >= 0.6 is 0 Å². The average Bonchev–Trinajstić information content (AvgIpc) is 2.65. The molecule has 0 spiro atoms. The van der Waals surface area contributed by atoms with Crippen LogP contribution in [-0.2, 0) is 6.42 Å². The minimum atomic E-state index is -0.221. The fourth-order valence-corrected chi connectivity index (χ4v) is 2.58. The van der Waals surface area contributed by atoms with E-state index in [1.54, 1.807) is 6.07 Å². The molecule has 104 valence electrons. The van der Waals surface area contributed by atoms with E-state index in [2.05, 4.69) is 23.5 Å². The molecule has 2 aromatic rings. The molecule has 3 rings (SSSR count). The number of para-hydroxylation sites is 1. The van der Waals surface area contributed by atoms with Crippen LogP contribution in [0.5, 0.6) is 5.75 Å². The highest BCUT2D eigenvalue weighted by Gasteiger charge is 2.17. The van der Waals surface area contributed by atoms with Gasteiger partial charge >= 0.3 is 0 Å². The second-order valence-electron chi connectivity index (χ2n) is 5.23. The summed E-state index contributed by atoms with van der Waals surface area (Å²) in [7, 11) is 0. The van der Waals surface area contributed by atoms with Crippen molar-refractivity contribution in [3.05, 3.63) is 59.4 Å². The van der Waals surface area contributed by atoms with Gasteiger partial charge in [0.25, 0.3) is 0 Å². The molecule has 0 radical (unpaired) electrons. The van der Waals surface area contributed by atoms with E-state index in [0.717, 1.165) is 30.7 Å². The van der Waals surface area contributed by atoms with Crippen LogP contribution in [0.2, 0.25) is 0 Å². The third-order valence-corrected chi connectivity index (χ3v) is 3.70. The number of nitrogens with one attached hydrogen (secondary N) is 1. The lowest BCUT2D eigenvalue weighted by molar-refractivity contribution is 0.204. The second-order valence-corrected chi connectivity index (χ2v) is 5.23. The van der Waals surface area contributed by atoms with Crippen LogP contribution in [0, 0.1) is 12.7 Å². The normalized spacial score (nSPS) is 17.8. The van der Waals surface area contributed by atoms with Crippen molar-refractivity contribution in [1.82, 2.24) is 0 Å². The summed E-state index contributed by atoms with van der Waals surface area (Å²) in [5.74, 6) is 0.547. The Labute approximate surface area is 118 Å². The first-order chi connectivity index (χ1) is 9.72. The molecule has 0 fully saturated rings. The van der Waals surface area contributed by atoms with Gasteiger partial charge in [0.05, 0.1) is 6.54 Å². The quantitative estimate of drug-likeness (QED) is 0.893. The van der Waals surface area contributed by atoms with Crippen LogP contribution in [0.15, 0.2) is 42.5 Å². The van der Waals surface area contributed by atoms with Crippen molar-refractivity contribution in [2.24, 2.45) is 0 Å². The molecule has 0 amide bonds. The van der Waals surface area contributed by atoms with Crippen LogP contribution in [-0.4, -0.2) is 12.6 Å². The summed E-state index contributed by atoms with van der Waals surface area (Å²) in [4.78, 5) is 0.